The number of nitrogens with one attached hydrogen (secondary N) is 1. The molecule has 1 amide bonds. The molecule has 0 radical (unpaired) electrons. The van der Waals surface area contributed by atoms with Gasteiger partial charge in [0.25, 0.3) is 5.91 Å². The summed E-state index contributed by atoms with van der Waals surface area (Å²) in [6.07, 6.45) is 3.82. The molecule has 1 aromatic rings. The van der Waals surface area contributed by atoms with Crippen LogP contribution in [0.3, 0.4) is 0 Å². The van der Waals surface area contributed by atoms with Crippen LogP contribution in [0.4, 0.5) is 0 Å². The van der Waals surface area contributed by atoms with E-state index >= 15 is 0 Å². The minimum atomic E-state index is -1.11. The number of carbonyl (C=O) groups is 2. The average molecular weight is 247 g/mol. The lowest BCUT2D eigenvalue weighted by molar-refractivity contribution is -0.139. The van der Waals surface area contributed by atoms with Crippen LogP contribution in [0.1, 0.15) is 29.6 Å². The van der Waals surface area contributed by atoms with Crippen molar-refractivity contribution in [1.82, 2.24) is 10.3 Å². The van der Waals surface area contributed by atoms with Gasteiger partial charge in [-0.1, -0.05) is 0 Å². The molecule has 1 atom stereocenters. The van der Waals surface area contributed by atoms with Crippen molar-refractivity contribution in [2.45, 2.75) is 25.3 Å². The SMILES string of the molecule is N#CCCC[C@H](NC(=O)c1cccnc1)C(=O)O. The Morgan fingerprint density at radius 2 is 2.33 bits per heavy atom. The van der Waals surface area contributed by atoms with Crippen molar-refractivity contribution in [1.29, 1.82) is 5.26 Å². The number of aliphatic carboxylic acids is 1. The number of nitriles is 1. The highest BCUT2D eigenvalue weighted by Gasteiger charge is 2.20. The normalized spacial score (nSPS) is 11.3. The number of hydrogen-bond acceptors (Lipinski definition) is 4. The Kier molecular flexibility index (Phi) is 5.32. The fraction of sp³-hybridized carbons (Fsp3) is 0.333. The third-order valence-corrected chi connectivity index (χ3v) is 2.31. The van der Waals surface area contributed by atoms with Gasteiger partial charge < -0.3 is 10.4 Å². The number of amides is 1. The molecule has 0 aromatic carbocycles. The smallest absolute Gasteiger partial charge is 0.326 e. The maximum atomic E-state index is 11.7. The van der Waals surface area contributed by atoms with E-state index in [2.05, 4.69) is 10.3 Å². The lowest BCUT2D eigenvalue weighted by Crippen LogP contribution is -2.40. The van der Waals surface area contributed by atoms with Gasteiger partial charge in [0.05, 0.1) is 11.6 Å². The zero-order valence-corrected chi connectivity index (χ0v) is 9.67. The molecule has 2 N–H and O–H groups in total. The zero-order valence-electron chi connectivity index (χ0n) is 9.67. The van der Waals surface area contributed by atoms with E-state index in [4.69, 9.17) is 10.4 Å². The van der Waals surface area contributed by atoms with Crippen LogP contribution in [0.15, 0.2) is 24.5 Å². The van der Waals surface area contributed by atoms with E-state index < -0.39 is 17.9 Å². The van der Waals surface area contributed by atoms with E-state index in [9.17, 15) is 9.59 Å². The van der Waals surface area contributed by atoms with Crippen molar-refractivity contribution in [2.24, 2.45) is 0 Å². The summed E-state index contributed by atoms with van der Waals surface area (Å²) >= 11 is 0. The minimum Gasteiger partial charge on any atom is -0.480 e. The number of nitrogens with zero attached hydrogens (tertiary/aromatic N) is 2. The van der Waals surface area contributed by atoms with Crippen molar-refractivity contribution in [3.8, 4) is 6.07 Å². The molecule has 0 fully saturated rings. The molecule has 6 nitrogen and oxygen atoms in total. The second-order valence-corrected chi connectivity index (χ2v) is 3.66. The number of carbonyl (C=O) groups excluding carboxylic acids is 1. The summed E-state index contributed by atoms with van der Waals surface area (Å²) in [5, 5.41) is 19.7. The zero-order chi connectivity index (χ0) is 13.4. The van der Waals surface area contributed by atoms with Crippen LogP contribution in [0.5, 0.6) is 0 Å². The first-order valence-electron chi connectivity index (χ1n) is 5.46. The van der Waals surface area contributed by atoms with E-state index in [0.717, 1.165) is 0 Å². The monoisotopic (exact) mass is 247 g/mol. The third-order valence-electron chi connectivity index (χ3n) is 2.31. The molecule has 0 aliphatic rings. The average Bonchev–Trinajstić information content (AvgIpc) is 2.38. The van der Waals surface area contributed by atoms with E-state index in [-0.39, 0.29) is 12.8 Å². The Balaban J connectivity index is 2.59. The highest BCUT2D eigenvalue weighted by molar-refractivity contribution is 5.96. The Hall–Kier alpha value is -2.42. The van der Waals surface area contributed by atoms with Crippen LogP contribution < -0.4 is 5.32 Å². The molecule has 1 rings (SSSR count). The van der Waals surface area contributed by atoms with Crippen LogP contribution in [0.25, 0.3) is 0 Å². The lowest BCUT2D eigenvalue weighted by atomic mass is 10.1. The van der Waals surface area contributed by atoms with Crippen molar-refractivity contribution >= 4 is 11.9 Å². The maximum absolute atomic E-state index is 11.7. The Morgan fingerprint density at radius 1 is 1.56 bits per heavy atom. The third kappa shape index (κ3) is 4.22. The number of unbranched alkanes of at least 4 members (excludes halogenated alkanes) is 1. The fourth-order valence-corrected chi connectivity index (χ4v) is 1.38. The molecule has 0 spiro atoms. The Morgan fingerprint density at radius 3 is 2.89 bits per heavy atom. The summed E-state index contributed by atoms with van der Waals surface area (Å²) in [4.78, 5) is 26.4. The van der Waals surface area contributed by atoms with Crippen molar-refractivity contribution in [3.63, 3.8) is 0 Å². The molecule has 1 heterocycles. The summed E-state index contributed by atoms with van der Waals surface area (Å²) < 4.78 is 0. The molecular formula is C12H13N3O3. The molecule has 0 saturated carbocycles. The first-order valence-corrected chi connectivity index (χ1v) is 5.46. The minimum absolute atomic E-state index is 0.231. The van der Waals surface area contributed by atoms with Gasteiger partial charge in [0.15, 0.2) is 0 Å². The van der Waals surface area contributed by atoms with E-state index in [0.29, 0.717) is 12.0 Å². The first-order chi connectivity index (χ1) is 8.65. The quantitative estimate of drug-likeness (QED) is 0.729. The van der Waals surface area contributed by atoms with Gasteiger partial charge in [-0.15, -0.1) is 0 Å². The van der Waals surface area contributed by atoms with Crippen LogP contribution in [-0.4, -0.2) is 28.0 Å². The van der Waals surface area contributed by atoms with Crippen LogP contribution in [0, 0.1) is 11.3 Å². The topological polar surface area (TPSA) is 103 Å². The highest BCUT2D eigenvalue weighted by atomic mass is 16.4. The summed E-state index contributed by atoms with van der Waals surface area (Å²) in [5.41, 5.74) is 0.309. The molecule has 0 saturated heterocycles. The second kappa shape index (κ2) is 7.01. The summed E-state index contributed by atoms with van der Waals surface area (Å²) in [5.74, 6) is -1.59. The van der Waals surface area contributed by atoms with Gasteiger partial charge >= 0.3 is 5.97 Å². The largest absolute Gasteiger partial charge is 0.480 e. The van der Waals surface area contributed by atoms with Gasteiger partial charge in [0.1, 0.15) is 6.04 Å². The molecule has 94 valence electrons. The van der Waals surface area contributed by atoms with Gasteiger partial charge in [0.2, 0.25) is 0 Å². The van der Waals surface area contributed by atoms with Gasteiger partial charge in [-0.2, -0.15) is 5.26 Å². The molecular weight excluding hydrogens is 234 g/mol. The predicted molar refractivity (Wildman–Crippen MR) is 62.6 cm³/mol. The van der Waals surface area contributed by atoms with E-state index in [1.165, 1.54) is 12.4 Å². The van der Waals surface area contributed by atoms with Gasteiger partial charge in [0, 0.05) is 18.8 Å². The Bertz CT molecular complexity index is 453. The molecule has 1 aromatic heterocycles. The fourth-order valence-electron chi connectivity index (χ4n) is 1.38. The Labute approximate surface area is 104 Å². The number of carboxylic acids is 1. The maximum Gasteiger partial charge on any atom is 0.326 e. The van der Waals surface area contributed by atoms with Gasteiger partial charge in [-0.05, 0) is 25.0 Å². The molecule has 0 aliphatic heterocycles. The van der Waals surface area contributed by atoms with Crippen molar-refractivity contribution < 1.29 is 14.7 Å². The number of carboxylic acid groups (broad SMARTS) is 1. The van der Waals surface area contributed by atoms with Gasteiger partial charge in [-0.25, -0.2) is 4.79 Å². The summed E-state index contributed by atoms with van der Waals surface area (Å²) in [7, 11) is 0. The van der Waals surface area contributed by atoms with Crippen molar-refractivity contribution in [2.75, 3.05) is 0 Å². The highest BCUT2D eigenvalue weighted by Crippen LogP contribution is 2.03. The molecule has 6 heteroatoms. The second-order valence-electron chi connectivity index (χ2n) is 3.66. The number of pyridine rings is 1. The number of rotatable bonds is 6. The molecule has 0 bridgehead atoms. The van der Waals surface area contributed by atoms with Crippen LogP contribution in [0.2, 0.25) is 0 Å². The summed E-state index contributed by atoms with van der Waals surface area (Å²) in [6.45, 7) is 0. The predicted octanol–water partition coefficient (Wildman–Crippen LogP) is 0.958. The van der Waals surface area contributed by atoms with E-state index in [1.807, 2.05) is 6.07 Å². The standard InChI is InChI=1S/C12H13N3O3/c13-6-2-1-5-10(12(17)18)15-11(16)9-4-3-7-14-8-9/h3-4,7-8,10H,1-2,5H2,(H,15,16)(H,17,18)/t10-/m0/s1. The van der Waals surface area contributed by atoms with E-state index in [1.54, 1.807) is 12.1 Å². The molecule has 0 unspecified atom stereocenters. The number of aromatic nitrogens is 1. The first kappa shape index (κ1) is 13.6. The lowest BCUT2D eigenvalue weighted by Gasteiger charge is -2.13. The van der Waals surface area contributed by atoms with Crippen molar-refractivity contribution in [3.05, 3.63) is 30.1 Å². The van der Waals surface area contributed by atoms with Gasteiger partial charge in [-0.3, -0.25) is 9.78 Å². The molecule has 18 heavy (non-hydrogen) atoms. The summed E-state index contributed by atoms with van der Waals surface area (Å²) in [6, 6.07) is 4.10. The van der Waals surface area contributed by atoms with Crippen LogP contribution >= 0.6 is 0 Å². The molecule has 0 aliphatic carbocycles. The number of hydrogen-bond donors (Lipinski definition) is 2. The van der Waals surface area contributed by atoms with Crippen LogP contribution in [-0.2, 0) is 4.79 Å².